The van der Waals surface area contributed by atoms with Crippen LogP contribution >= 0.6 is 0 Å². The molecule has 3 aliphatic heterocycles. The van der Waals surface area contributed by atoms with Crippen molar-refractivity contribution < 1.29 is 24.0 Å². The van der Waals surface area contributed by atoms with Crippen molar-refractivity contribution in [3.05, 3.63) is 136 Å². The maximum absolute atomic E-state index is 14.9. The average molecular weight is 586 g/mol. The number of allylic oxidation sites excluding steroid dienone is 1. The molecule has 7 rings (SSSR count). The van der Waals surface area contributed by atoms with E-state index in [-0.39, 0.29) is 22.9 Å². The number of fused-ring (bicyclic) bond motifs is 6. The van der Waals surface area contributed by atoms with Crippen LogP contribution in [0.15, 0.2) is 103 Å². The first-order valence-electron chi connectivity index (χ1n) is 14.2. The van der Waals surface area contributed by atoms with Crippen molar-refractivity contribution in [1.82, 2.24) is 0 Å². The largest absolute Gasteiger partial charge is 0.497 e. The summed E-state index contributed by atoms with van der Waals surface area (Å²) >= 11 is 0. The SMILES string of the molecule is COc1cccc(C(=O)[C@@H]2[C@H](C(=O)c3ccc([N+](=O)[O-])cc3)N3c4ccccc4C(C)=C[C@H]3[C@@]23C(=O)Nc2ccccc23)c1. The topological polar surface area (TPSA) is 119 Å². The fourth-order valence-corrected chi connectivity index (χ4v) is 7.26. The van der Waals surface area contributed by atoms with Gasteiger partial charge in [0.25, 0.3) is 5.69 Å². The summed E-state index contributed by atoms with van der Waals surface area (Å²) in [4.78, 5) is 56.9. The molecule has 1 amide bonds. The highest BCUT2D eigenvalue weighted by Crippen LogP contribution is 2.58. The third-order valence-electron chi connectivity index (χ3n) is 9.15. The minimum absolute atomic E-state index is 0.155. The summed E-state index contributed by atoms with van der Waals surface area (Å²) in [5, 5.41) is 14.4. The van der Waals surface area contributed by atoms with Crippen molar-refractivity contribution in [3.63, 3.8) is 0 Å². The summed E-state index contributed by atoms with van der Waals surface area (Å²) in [6.45, 7) is 1.97. The van der Waals surface area contributed by atoms with Gasteiger partial charge in [-0.25, -0.2) is 0 Å². The molecule has 4 atom stereocenters. The zero-order chi connectivity index (χ0) is 30.7. The maximum atomic E-state index is 14.9. The summed E-state index contributed by atoms with van der Waals surface area (Å²) in [7, 11) is 1.51. The number of para-hydroxylation sites is 2. The van der Waals surface area contributed by atoms with E-state index in [1.54, 1.807) is 30.3 Å². The number of ketones is 2. The number of nitrogens with one attached hydrogen (secondary N) is 1. The minimum atomic E-state index is -1.47. The fourth-order valence-electron chi connectivity index (χ4n) is 7.26. The Balaban J connectivity index is 1.53. The molecule has 0 unspecified atom stereocenters. The fraction of sp³-hybridized carbons (Fsp3) is 0.171. The Labute approximate surface area is 252 Å². The molecule has 0 saturated carbocycles. The number of carbonyl (C=O) groups is 3. The van der Waals surface area contributed by atoms with E-state index in [0.29, 0.717) is 22.6 Å². The highest BCUT2D eigenvalue weighted by molar-refractivity contribution is 6.18. The first-order chi connectivity index (χ1) is 21.3. The smallest absolute Gasteiger partial charge is 0.269 e. The monoisotopic (exact) mass is 585 g/mol. The average Bonchev–Trinajstić information content (AvgIpc) is 3.52. The van der Waals surface area contributed by atoms with E-state index in [2.05, 4.69) is 5.32 Å². The van der Waals surface area contributed by atoms with Gasteiger partial charge in [-0.2, -0.15) is 0 Å². The van der Waals surface area contributed by atoms with Crippen LogP contribution < -0.4 is 15.0 Å². The van der Waals surface area contributed by atoms with Crippen LogP contribution in [0.5, 0.6) is 5.75 Å². The van der Waals surface area contributed by atoms with Crippen molar-refractivity contribution in [3.8, 4) is 5.75 Å². The number of benzene rings is 4. The molecule has 1 spiro atoms. The number of carbonyl (C=O) groups excluding carboxylic acids is 3. The lowest BCUT2D eigenvalue weighted by molar-refractivity contribution is -0.384. The number of methoxy groups -OCH3 is 1. The van der Waals surface area contributed by atoms with Crippen LogP contribution in [0.3, 0.4) is 0 Å². The molecule has 4 aromatic rings. The molecule has 4 aromatic carbocycles. The standard InChI is InChI=1S/C35H27N3O6/c1-20-18-29-35(26-11-4-5-12-27(26)36-34(35)41)30(32(39)22-8-7-9-24(19-22)44-2)31(37(29)28-13-6-3-10-25(20)28)33(40)21-14-16-23(17-15-21)38(42)43/h3-19,29-31H,1-2H3,(H,36,41)/t29-,30-,31+,35+/m0/s1. The van der Waals surface area contributed by atoms with Gasteiger partial charge in [0, 0.05) is 40.2 Å². The third-order valence-corrected chi connectivity index (χ3v) is 9.15. The maximum Gasteiger partial charge on any atom is 0.269 e. The molecule has 3 aliphatic rings. The van der Waals surface area contributed by atoms with Gasteiger partial charge in [0.2, 0.25) is 5.91 Å². The molecule has 1 fully saturated rings. The highest BCUT2D eigenvalue weighted by atomic mass is 16.6. The lowest BCUT2D eigenvalue weighted by atomic mass is 9.64. The van der Waals surface area contributed by atoms with E-state index in [0.717, 1.165) is 16.8 Å². The molecule has 3 heterocycles. The van der Waals surface area contributed by atoms with E-state index in [9.17, 15) is 24.5 Å². The van der Waals surface area contributed by atoms with Gasteiger partial charge in [0.1, 0.15) is 17.2 Å². The van der Waals surface area contributed by atoms with Crippen molar-refractivity contribution in [1.29, 1.82) is 0 Å². The van der Waals surface area contributed by atoms with Crippen LogP contribution in [0, 0.1) is 16.0 Å². The van der Waals surface area contributed by atoms with E-state index >= 15 is 0 Å². The molecule has 0 aliphatic carbocycles. The molecular formula is C35H27N3O6. The summed E-state index contributed by atoms with van der Waals surface area (Å²) in [5.41, 5.74) is 2.67. The summed E-state index contributed by atoms with van der Waals surface area (Å²) in [5.74, 6) is -1.85. The van der Waals surface area contributed by atoms with Gasteiger partial charge in [-0.1, -0.05) is 54.6 Å². The molecular weight excluding hydrogens is 558 g/mol. The van der Waals surface area contributed by atoms with Crippen molar-refractivity contribution in [2.24, 2.45) is 5.92 Å². The molecule has 218 valence electrons. The van der Waals surface area contributed by atoms with E-state index in [1.165, 1.54) is 31.4 Å². The number of amides is 1. The normalized spacial score (nSPS) is 22.9. The van der Waals surface area contributed by atoms with Crippen molar-refractivity contribution >= 4 is 40.1 Å². The number of Topliss-reactive ketones (excluding diaryl/α,β-unsaturated/α-hetero) is 2. The molecule has 0 bridgehead atoms. The summed E-state index contributed by atoms with van der Waals surface area (Å²) in [6, 6.07) is 25.2. The Kier molecular flexibility index (Phi) is 6.21. The molecule has 9 heteroatoms. The number of nitro groups is 1. The Morgan fingerprint density at radius 1 is 0.909 bits per heavy atom. The first kappa shape index (κ1) is 27.3. The first-order valence-corrected chi connectivity index (χ1v) is 14.2. The molecule has 1 N–H and O–H groups in total. The number of ether oxygens (including phenoxy) is 1. The second-order valence-corrected chi connectivity index (χ2v) is 11.3. The second kappa shape index (κ2) is 10.0. The number of anilines is 2. The van der Waals surface area contributed by atoms with Crippen LogP contribution in [0.2, 0.25) is 0 Å². The predicted octanol–water partition coefficient (Wildman–Crippen LogP) is 5.85. The van der Waals surface area contributed by atoms with Crippen LogP contribution in [-0.4, -0.2) is 41.6 Å². The quantitative estimate of drug-likeness (QED) is 0.171. The van der Waals surface area contributed by atoms with Crippen LogP contribution in [0.4, 0.5) is 17.1 Å². The molecule has 0 radical (unpaired) electrons. The number of hydrogen-bond donors (Lipinski definition) is 1. The third kappa shape index (κ3) is 3.75. The molecule has 44 heavy (non-hydrogen) atoms. The molecule has 9 nitrogen and oxygen atoms in total. The van der Waals surface area contributed by atoms with Crippen molar-refractivity contribution in [2.75, 3.05) is 17.3 Å². The number of hydrogen-bond acceptors (Lipinski definition) is 7. The number of nitro benzene ring substituents is 1. The highest BCUT2D eigenvalue weighted by Gasteiger charge is 2.70. The van der Waals surface area contributed by atoms with Gasteiger partial charge in [-0.15, -0.1) is 0 Å². The Bertz CT molecular complexity index is 1920. The molecule has 1 saturated heterocycles. The Morgan fingerprint density at radius 3 is 2.39 bits per heavy atom. The Hall–Kier alpha value is -5.57. The number of rotatable bonds is 6. The van der Waals surface area contributed by atoms with E-state index in [1.807, 2.05) is 60.4 Å². The van der Waals surface area contributed by atoms with Gasteiger partial charge in [0.15, 0.2) is 11.6 Å². The van der Waals surface area contributed by atoms with Crippen LogP contribution in [-0.2, 0) is 10.2 Å². The second-order valence-electron chi connectivity index (χ2n) is 11.3. The van der Waals surface area contributed by atoms with Crippen LogP contribution in [0.1, 0.15) is 38.8 Å². The van der Waals surface area contributed by atoms with Gasteiger partial charge >= 0.3 is 0 Å². The van der Waals surface area contributed by atoms with Gasteiger partial charge in [-0.05, 0) is 54.5 Å². The minimum Gasteiger partial charge on any atom is -0.497 e. The van der Waals surface area contributed by atoms with E-state index < -0.39 is 34.1 Å². The van der Waals surface area contributed by atoms with E-state index in [4.69, 9.17) is 4.74 Å². The lowest BCUT2D eigenvalue weighted by Gasteiger charge is -2.39. The van der Waals surface area contributed by atoms with Gasteiger partial charge in [-0.3, -0.25) is 24.5 Å². The Morgan fingerprint density at radius 2 is 1.64 bits per heavy atom. The van der Waals surface area contributed by atoms with Gasteiger partial charge in [0.05, 0.1) is 24.0 Å². The van der Waals surface area contributed by atoms with Crippen molar-refractivity contribution in [2.45, 2.75) is 24.4 Å². The zero-order valence-electron chi connectivity index (χ0n) is 23.9. The van der Waals surface area contributed by atoms with Gasteiger partial charge < -0.3 is 15.0 Å². The van der Waals surface area contributed by atoms with Crippen LogP contribution in [0.25, 0.3) is 5.57 Å². The number of non-ortho nitro benzene ring substituents is 1. The summed E-state index contributed by atoms with van der Waals surface area (Å²) < 4.78 is 5.42. The predicted molar refractivity (Wildman–Crippen MR) is 165 cm³/mol. The zero-order valence-corrected chi connectivity index (χ0v) is 23.9. The lowest BCUT2D eigenvalue weighted by Crippen LogP contribution is -2.51. The molecule has 0 aromatic heterocycles. The summed E-state index contributed by atoms with van der Waals surface area (Å²) in [6.07, 6.45) is 1.99. The number of nitrogens with zero attached hydrogens (tertiary/aromatic N) is 2.